The summed E-state index contributed by atoms with van der Waals surface area (Å²) in [5, 5.41) is 16.6. The van der Waals surface area contributed by atoms with Crippen LogP contribution in [0.25, 0.3) is 5.76 Å². The van der Waals surface area contributed by atoms with Crippen molar-refractivity contribution in [3.05, 3.63) is 59.2 Å². The summed E-state index contributed by atoms with van der Waals surface area (Å²) in [5.74, 6) is -1.81. The van der Waals surface area contributed by atoms with Crippen LogP contribution in [0.15, 0.2) is 57.3 Å². The molecule has 0 unspecified atom stereocenters. The quantitative estimate of drug-likeness (QED) is 0.399. The number of ketones is 1. The summed E-state index contributed by atoms with van der Waals surface area (Å²) in [7, 11) is -4.29. The molecule has 0 aromatic heterocycles. The number of nitrogens with one attached hydrogen (secondary N) is 1. The maximum Gasteiger partial charge on any atom is 1.00 e. The number of anilines is 1. The number of benzene rings is 2. The number of sulfonamides is 1. The zero-order chi connectivity index (χ0) is 26.8. The van der Waals surface area contributed by atoms with E-state index in [-0.39, 0.29) is 57.3 Å². The number of ether oxygens (including phenoxy) is 1. The van der Waals surface area contributed by atoms with E-state index >= 15 is 0 Å². The normalized spacial score (nSPS) is 16.9. The molecule has 2 aromatic rings. The summed E-state index contributed by atoms with van der Waals surface area (Å²) in [6.45, 7) is 3.67. The topological polar surface area (TPSA) is 151 Å². The first kappa shape index (κ1) is 29.9. The maximum absolute atomic E-state index is 14.2. The van der Waals surface area contributed by atoms with Gasteiger partial charge in [-0.1, -0.05) is 69.6 Å². The molecule has 1 heterocycles. The molecule has 196 valence electrons. The van der Waals surface area contributed by atoms with Crippen LogP contribution in [0.1, 0.15) is 63.5 Å². The molecule has 2 aromatic carbocycles. The van der Waals surface area contributed by atoms with Crippen LogP contribution in [0.5, 0.6) is 5.75 Å². The van der Waals surface area contributed by atoms with Crippen molar-refractivity contribution < 1.29 is 57.4 Å². The zero-order valence-corrected chi connectivity index (χ0v) is 24.7. The van der Waals surface area contributed by atoms with Gasteiger partial charge < -0.3 is 20.9 Å². The fraction of sp³-hybridized carbons (Fsp3) is 0.370. The molecule has 4 rings (SSSR count). The Morgan fingerprint density at radius 3 is 2.39 bits per heavy atom. The molecule has 0 bridgehead atoms. The number of hydrogen-bond donors (Lipinski definition) is 2. The van der Waals surface area contributed by atoms with Gasteiger partial charge in [-0.2, -0.15) is 8.42 Å². The van der Waals surface area contributed by atoms with Gasteiger partial charge in [-0.15, -0.1) is 4.40 Å². The van der Waals surface area contributed by atoms with E-state index in [4.69, 9.17) is 10.5 Å². The number of amides is 1. The number of Topliss-reactive ketones (excluding diaryl/α,β-unsaturated/α-hetero) is 1. The zero-order valence-electron chi connectivity index (χ0n) is 21.9. The molecule has 0 radical (unpaired) electrons. The van der Waals surface area contributed by atoms with Gasteiger partial charge in [-0.25, -0.2) is 0 Å². The van der Waals surface area contributed by atoms with Gasteiger partial charge in [0.2, 0.25) is 0 Å². The number of unbranched alkanes of at least 4 members (excludes halogenated alkanes) is 2. The number of carbonyl (C=O) groups is 2. The predicted octanol–water partition coefficient (Wildman–Crippen LogP) is 0.0399. The second-order valence-corrected chi connectivity index (χ2v) is 10.9. The minimum absolute atomic E-state index is 0. The van der Waals surface area contributed by atoms with Gasteiger partial charge in [-0.3, -0.25) is 9.59 Å². The fourth-order valence-corrected chi connectivity index (χ4v) is 6.12. The van der Waals surface area contributed by atoms with E-state index in [0.29, 0.717) is 24.0 Å². The van der Waals surface area contributed by atoms with Crippen LogP contribution in [0, 0.1) is 0 Å². The van der Waals surface area contributed by atoms with Crippen molar-refractivity contribution in [1.29, 1.82) is 0 Å². The van der Waals surface area contributed by atoms with Gasteiger partial charge in [-0.05, 0) is 36.1 Å². The Morgan fingerprint density at radius 2 is 1.76 bits per heavy atom. The molecule has 1 amide bonds. The molecule has 1 aliphatic heterocycles. The molecule has 0 spiro atoms. The van der Waals surface area contributed by atoms with Crippen molar-refractivity contribution in [2.45, 2.75) is 62.7 Å². The van der Waals surface area contributed by atoms with Crippen LogP contribution in [0.2, 0.25) is 0 Å². The Hall–Kier alpha value is -2.66. The smallest absolute Gasteiger partial charge is 0.871 e. The summed E-state index contributed by atoms with van der Waals surface area (Å²) in [6.07, 6.45) is 4.39. The Kier molecular flexibility index (Phi) is 9.46. The van der Waals surface area contributed by atoms with Crippen LogP contribution in [0.3, 0.4) is 0 Å². The number of nitrogens with two attached hydrogens (primary N) is 1. The SMILES string of the molecule is CCCCC1(CCCC)C(=O)C(C2=NS(=O)(=O)c3cc(OCC(N)=O)ccc3N2)=C([O-])c2ccccc21.[Na+]. The second-order valence-electron chi connectivity index (χ2n) is 9.32. The van der Waals surface area contributed by atoms with Crippen LogP contribution in [0.4, 0.5) is 5.69 Å². The Labute approximate surface area is 244 Å². The molecule has 0 fully saturated rings. The Balaban J connectivity index is 0.00000400. The minimum Gasteiger partial charge on any atom is -0.871 e. The predicted molar refractivity (Wildman–Crippen MR) is 138 cm³/mol. The van der Waals surface area contributed by atoms with Crippen LogP contribution >= 0.6 is 0 Å². The summed E-state index contributed by atoms with van der Waals surface area (Å²) >= 11 is 0. The molecule has 2 aliphatic rings. The van der Waals surface area contributed by atoms with Crippen molar-refractivity contribution in [3.63, 3.8) is 0 Å². The summed E-state index contributed by atoms with van der Waals surface area (Å²) in [6, 6.07) is 11.2. The van der Waals surface area contributed by atoms with Crippen LogP contribution in [-0.4, -0.2) is 32.6 Å². The van der Waals surface area contributed by atoms with Crippen molar-refractivity contribution in [1.82, 2.24) is 0 Å². The molecular weight excluding hydrogens is 517 g/mol. The molecular formula is C27H30N3NaO6S. The summed E-state index contributed by atoms with van der Waals surface area (Å²) < 4.78 is 35.4. The third-order valence-corrected chi connectivity index (χ3v) is 8.12. The second kappa shape index (κ2) is 12.0. The molecule has 3 N–H and O–H groups in total. The molecule has 1 aliphatic carbocycles. The summed E-state index contributed by atoms with van der Waals surface area (Å²) in [5.41, 5.74) is 5.16. The average Bonchev–Trinajstić information content (AvgIpc) is 2.87. The number of nitrogens with zero attached hydrogens (tertiary/aromatic N) is 1. The maximum atomic E-state index is 14.2. The fourth-order valence-electron chi connectivity index (χ4n) is 4.98. The third-order valence-electron chi connectivity index (χ3n) is 6.80. The van der Waals surface area contributed by atoms with Gasteiger partial charge in [0.1, 0.15) is 10.6 Å². The van der Waals surface area contributed by atoms with Crippen molar-refractivity contribution >= 4 is 39.0 Å². The van der Waals surface area contributed by atoms with E-state index in [1.54, 1.807) is 12.1 Å². The molecule has 38 heavy (non-hydrogen) atoms. The first-order chi connectivity index (χ1) is 17.6. The minimum atomic E-state index is -4.29. The molecule has 0 atom stereocenters. The summed E-state index contributed by atoms with van der Waals surface area (Å²) in [4.78, 5) is 25.0. The van der Waals surface area contributed by atoms with E-state index < -0.39 is 39.5 Å². The molecule has 9 nitrogen and oxygen atoms in total. The molecule has 0 saturated carbocycles. The monoisotopic (exact) mass is 547 g/mol. The van der Waals surface area contributed by atoms with E-state index in [0.717, 1.165) is 25.7 Å². The van der Waals surface area contributed by atoms with E-state index in [2.05, 4.69) is 9.71 Å². The number of fused-ring (bicyclic) bond motifs is 2. The standard InChI is InChI=1S/C27H31N3O6S.Na/c1-3-5-13-27(14-6-4-2)19-10-8-7-9-18(19)24(32)23(25(27)33)26-29-20-12-11-17(36-16-22(28)31)15-21(20)37(34,35)30-26;/h7-12,15,32H,3-6,13-14,16H2,1-2H3,(H2,28,31)(H,29,30);/q;+1/p-1. The number of hydrogen-bond acceptors (Lipinski definition) is 7. The van der Waals surface area contributed by atoms with Crippen molar-refractivity contribution in [2.24, 2.45) is 10.1 Å². The van der Waals surface area contributed by atoms with E-state index in [1.807, 2.05) is 26.0 Å². The van der Waals surface area contributed by atoms with Gasteiger partial charge in [0.25, 0.3) is 15.9 Å². The number of carbonyl (C=O) groups excluding carboxylic acids is 2. The average molecular weight is 548 g/mol. The Bertz CT molecular complexity index is 1410. The van der Waals surface area contributed by atoms with Gasteiger partial charge in [0, 0.05) is 6.07 Å². The Morgan fingerprint density at radius 1 is 1.11 bits per heavy atom. The molecule has 0 saturated heterocycles. The van der Waals surface area contributed by atoms with Crippen molar-refractivity contribution in [3.8, 4) is 5.75 Å². The van der Waals surface area contributed by atoms with Gasteiger partial charge >= 0.3 is 29.6 Å². The first-order valence-corrected chi connectivity index (χ1v) is 13.8. The number of rotatable bonds is 10. The third kappa shape index (κ3) is 5.54. The first-order valence-electron chi connectivity index (χ1n) is 12.4. The van der Waals surface area contributed by atoms with Crippen LogP contribution in [-0.2, 0) is 25.0 Å². The van der Waals surface area contributed by atoms with Gasteiger partial charge in [0.15, 0.2) is 18.2 Å². The van der Waals surface area contributed by atoms with E-state index in [9.17, 15) is 23.1 Å². The van der Waals surface area contributed by atoms with Gasteiger partial charge in [0.05, 0.1) is 16.7 Å². The molecule has 11 heteroatoms. The van der Waals surface area contributed by atoms with E-state index in [1.165, 1.54) is 18.2 Å². The van der Waals surface area contributed by atoms with Crippen molar-refractivity contribution in [2.75, 3.05) is 11.9 Å². The van der Waals surface area contributed by atoms with Crippen LogP contribution < -0.4 is 50.5 Å². The number of amidine groups is 1. The number of primary amides is 1. The largest absolute Gasteiger partial charge is 1.00 e.